The van der Waals surface area contributed by atoms with E-state index in [9.17, 15) is 4.79 Å². The van der Waals surface area contributed by atoms with Crippen LogP contribution < -0.4 is 5.32 Å². The van der Waals surface area contributed by atoms with Gasteiger partial charge in [0.05, 0.1) is 5.56 Å². The summed E-state index contributed by atoms with van der Waals surface area (Å²) in [5.74, 6) is 6.21. The Kier molecular flexibility index (Phi) is 3.76. The molecule has 0 saturated carbocycles. The number of amides is 1. The number of carbonyl (C=O) groups excluding carboxylic acids is 1. The standard InChI is InChI=1S/C18H16ClNOS/c1-18(2,3)15-9-12(16(19)22-15)6-4-11-5-7-13-10-20-17(21)14(13)8-11/h5,7-9H,10H2,1-3H3,(H,20,21). The van der Waals surface area contributed by atoms with Crippen molar-refractivity contribution in [3.05, 3.63) is 55.7 Å². The summed E-state index contributed by atoms with van der Waals surface area (Å²) in [6.45, 7) is 7.08. The third-order valence-electron chi connectivity index (χ3n) is 3.56. The van der Waals surface area contributed by atoms with Crippen LogP contribution in [0.4, 0.5) is 0 Å². The van der Waals surface area contributed by atoms with Crippen molar-refractivity contribution in [2.75, 3.05) is 0 Å². The predicted molar refractivity (Wildman–Crippen MR) is 91.6 cm³/mol. The zero-order chi connectivity index (χ0) is 15.9. The van der Waals surface area contributed by atoms with Crippen LogP contribution in [0.25, 0.3) is 0 Å². The molecule has 1 N–H and O–H groups in total. The second-order valence-corrected chi connectivity index (χ2v) is 8.01. The molecule has 0 bridgehead atoms. The van der Waals surface area contributed by atoms with Crippen LogP contribution in [0.1, 0.15) is 52.7 Å². The molecule has 0 aliphatic carbocycles. The van der Waals surface area contributed by atoms with Gasteiger partial charge >= 0.3 is 0 Å². The van der Waals surface area contributed by atoms with Crippen LogP contribution in [0.3, 0.4) is 0 Å². The largest absolute Gasteiger partial charge is 0.348 e. The van der Waals surface area contributed by atoms with E-state index in [2.05, 4.69) is 44.0 Å². The highest BCUT2D eigenvalue weighted by Gasteiger charge is 2.19. The molecular formula is C18H16ClNOS. The number of thiophene rings is 1. The number of hydrogen-bond donors (Lipinski definition) is 1. The lowest BCUT2D eigenvalue weighted by Gasteiger charge is -2.14. The minimum absolute atomic E-state index is 0.0257. The molecule has 0 radical (unpaired) electrons. The van der Waals surface area contributed by atoms with Crippen LogP contribution in [0.5, 0.6) is 0 Å². The van der Waals surface area contributed by atoms with E-state index < -0.39 is 0 Å². The zero-order valence-electron chi connectivity index (χ0n) is 12.7. The fourth-order valence-electron chi connectivity index (χ4n) is 2.25. The second kappa shape index (κ2) is 5.46. The molecule has 1 amide bonds. The summed E-state index contributed by atoms with van der Waals surface area (Å²) in [6, 6.07) is 7.79. The van der Waals surface area contributed by atoms with Gasteiger partial charge in [-0.1, -0.05) is 50.3 Å². The van der Waals surface area contributed by atoms with Gasteiger partial charge in [0.1, 0.15) is 4.34 Å². The first-order chi connectivity index (χ1) is 10.3. The molecule has 2 nitrogen and oxygen atoms in total. The average Bonchev–Trinajstić information content (AvgIpc) is 3.00. The first-order valence-electron chi connectivity index (χ1n) is 7.07. The molecule has 1 aromatic carbocycles. The van der Waals surface area contributed by atoms with Gasteiger partial charge in [0, 0.05) is 22.5 Å². The smallest absolute Gasteiger partial charge is 0.251 e. The highest BCUT2D eigenvalue weighted by atomic mass is 35.5. The summed E-state index contributed by atoms with van der Waals surface area (Å²) in [6.07, 6.45) is 0. The maximum absolute atomic E-state index is 11.7. The Balaban J connectivity index is 1.92. The molecule has 0 spiro atoms. The summed E-state index contributed by atoms with van der Waals surface area (Å²) in [7, 11) is 0. The lowest BCUT2D eigenvalue weighted by atomic mass is 9.94. The molecule has 4 heteroatoms. The molecule has 0 atom stereocenters. The van der Waals surface area contributed by atoms with Crippen molar-refractivity contribution in [1.29, 1.82) is 0 Å². The Morgan fingerprint density at radius 3 is 2.68 bits per heavy atom. The molecule has 1 aliphatic rings. The lowest BCUT2D eigenvalue weighted by Crippen LogP contribution is -2.12. The van der Waals surface area contributed by atoms with Gasteiger partial charge in [-0.05, 0) is 29.2 Å². The van der Waals surface area contributed by atoms with E-state index in [0.29, 0.717) is 6.54 Å². The third kappa shape index (κ3) is 2.90. The molecule has 2 heterocycles. The van der Waals surface area contributed by atoms with E-state index in [1.54, 1.807) is 11.3 Å². The van der Waals surface area contributed by atoms with Crippen molar-refractivity contribution in [3.8, 4) is 11.8 Å². The van der Waals surface area contributed by atoms with E-state index in [4.69, 9.17) is 11.6 Å². The van der Waals surface area contributed by atoms with Crippen molar-refractivity contribution in [3.63, 3.8) is 0 Å². The van der Waals surface area contributed by atoms with Gasteiger partial charge in [0.15, 0.2) is 0 Å². The maximum atomic E-state index is 11.7. The Hall–Kier alpha value is -1.76. The first kappa shape index (κ1) is 15.1. The molecular weight excluding hydrogens is 314 g/mol. The van der Waals surface area contributed by atoms with Crippen molar-refractivity contribution in [2.45, 2.75) is 32.7 Å². The number of fused-ring (bicyclic) bond motifs is 1. The number of benzene rings is 1. The molecule has 112 valence electrons. The van der Waals surface area contributed by atoms with E-state index in [1.165, 1.54) is 4.88 Å². The van der Waals surface area contributed by atoms with Crippen molar-refractivity contribution >= 4 is 28.8 Å². The van der Waals surface area contributed by atoms with Crippen LogP contribution >= 0.6 is 22.9 Å². The van der Waals surface area contributed by atoms with Gasteiger partial charge < -0.3 is 5.32 Å². The number of halogens is 1. The molecule has 0 saturated heterocycles. The van der Waals surface area contributed by atoms with Crippen molar-refractivity contribution in [1.82, 2.24) is 5.32 Å². The topological polar surface area (TPSA) is 29.1 Å². The van der Waals surface area contributed by atoms with Crippen LogP contribution in [-0.4, -0.2) is 5.91 Å². The maximum Gasteiger partial charge on any atom is 0.251 e. The van der Waals surface area contributed by atoms with Crippen molar-refractivity contribution in [2.24, 2.45) is 0 Å². The highest BCUT2D eigenvalue weighted by molar-refractivity contribution is 7.16. The van der Waals surface area contributed by atoms with Gasteiger partial charge in [0.2, 0.25) is 0 Å². The SMILES string of the molecule is CC(C)(C)c1cc(C#Cc2ccc3c(c2)C(=O)NC3)c(Cl)s1. The number of hydrogen-bond acceptors (Lipinski definition) is 2. The summed E-state index contributed by atoms with van der Waals surface area (Å²) >= 11 is 7.86. The van der Waals surface area contributed by atoms with E-state index in [-0.39, 0.29) is 11.3 Å². The van der Waals surface area contributed by atoms with E-state index >= 15 is 0 Å². The number of nitrogens with one attached hydrogen (secondary N) is 1. The highest BCUT2D eigenvalue weighted by Crippen LogP contribution is 2.35. The number of rotatable bonds is 0. The second-order valence-electron chi connectivity index (χ2n) is 6.35. The quantitative estimate of drug-likeness (QED) is 0.716. The zero-order valence-corrected chi connectivity index (χ0v) is 14.3. The van der Waals surface area contributed by atoms with Crippen LogP contribution in [0.2, 0.25) is 4.34 Å². The van der Waals surface area contributed by atoms with Gasteiger partial charge in [-0.2, -0.15) is 0 Å². The Labute approximate surface area is 139 Å². The van der Waals surface area contributed by atoms with Crippen LogP contribution in [-0.2, 0) is 12.0 Å². The Morgan fingerprint density at radius 2 is 2.00 bits per heavy atom. The fraction of sp³-hybridized carbons (Fsp3) is 0.278. The van der Waals surface area contributed by atoms with Crippen LogP contribution in [0.15, 0.2) is 24.3 Å². The van der Waals surface area contributed by atoms with E-state index in [0.717, 1.165) is 26.6 Å². The van der Waals surface area contributed by atoms with E-state index in [1.807, 2.05) is 18.2 Å². The summed E-state index contributed by atoms with van der Waals surface area (Å²) in [5.41, 5.74) is 3.49. The summed E-state index contributed by atoms with van der Waals surface area (Å²) < 4.78 is 0.719. The monoisotopic (exact) mass is 329 g/mol. The molecule has 0 fully saturated rings. The van der Waals surface area contributed by atoms with Gasteiger partial charge in [0.25, 0.3) is 5.91 Å². The Bertz CT molecular complexity index is 818. The molecule has 22 heavy (non-hydrogen) atoms. The fourth-order valence-corrected chi connectivity index (χ4v) is 3.50. The van der Waals surface area contributed by atoms with Gasteiger partial charge in [-0.3, -0.25) is 4.79 Å². The predicted octanol–water partition coefficient (Wildman–Crippen LogP) is 4.34. The normalized spacial score (nSPS) is 13.4. The van der Waals surface area contributed by atoms with Crippen LogP contribution in [0, 0.1) is 11.8 Å². The third-order valence-corrected chi connectivity index (χ3v) is 5.35. The Morgan fingerprint density at radius 1 is 1.23 bits per heavy atom. The summed E-state index contributed by atoms with van der Waals surface area (Å²) in [4.78, 5) is 12.9. The first-order valence-corrected chi connectivity index (χ1v) is 8.27. The minimum Gasteiger partial charge on any atom is -0.348 e. The summed E-state index contributed by atoms with van der Waals surface area (Å²) in [5, 5.41) is 2.81. The van der Waals surface area contributed by atoms with Crippen molar-refractivity contribution < 1.29 is 4.79 Å². The molecule has 1 aromatic heterocycles. The van der Waals surface area contributed by atoms with Gasteiger partial charge in [-0.15, -0.1) is 11.3 Å². The average molecular weight is 330 g/mol. The lowest BCUT2D eigenvalue weighted by molar-refractivity contribution is 0.0965. The number of carbonyl (C=O) groups is 1. The molecule has 3 rings (SSSR count). The molecule has 0 unspecified atom stereocenters. The molecule has 1 aliphatic heterocycles. The molecule has 2 aromatic rings. The minimum atomic E-state index is -0.0257. The van der Waals surface area contributed by atoms with Gasteiger partial charge in [-0.25, -0.2) is 0 Å².